The SMILES string of the molecule is O=C(NC(=NC(=NC1CCCCC1)c1ccccc1)c1ccccc1)c1ccccc1. The van der Waals surface area contributed by atoms with Crippen molar-refractivity contribution in [1.29, 1.82) is 0 Å². The molecule has 1 amide bonds. The van der Waals surface area contributed by atoms with Crippen LogP contribution < -0.4 is 5.32 Å². The zero-order valence-electron chi connectivity index (χ0n) is 17.6. The number of hydrogen-bond donors (Lipinski definition) is 1. The summed E-state index contributed by atoms with van der Waals surface area (Å²) in [4.78, 5) is 22.8. The largest absolute Gasteiger partial charge is 0.306 e. The number of nitrogens with zero attached hydrogens (tertiary/aromatic N) is 2. The van der Waals surface area contributed by atoms with Crippen LogP contribution in [0.1, 0.15) is 53.6 Å². The molecule has 0 aliphatic heterocycles. The number of rotatable bonds is 4. The Morgan fingerprint density at radius 2 is 1.19 bits per heavy atom. The van der Waals surface area contributed by atoms with E-state index in [-0.39, 0.29) is 11.9 Å². The van der Waals surface area contributed by atoms with Gasteiger partial charge in [0, 0.05) is 16.7 Å². The first kappa shape index (κ1) is 20.7. The zero-order chi connectivity index (χ0) is 21.3. The van der Waals surface area contributed by atoms with Crippen molar-refractivity contribution in [2.45, 2.75) is 38.1 Å². The molecule has 0 bridgehead atoms. The van der Waals surface area contributed by atoms with Crippen molar-refractivity contribution >= 4 is 17.6 Å². The van der Waals surface area contributed by atoms with Crippen molar-refractivity contribution in [3.8, 4) is 0 Å². The second-order valence-electron chi connectivity index (χ2n) is 7.76. The average molecular weight is 410 g/mol. The van der Waals surface area contributed by atoms with Crippen LogP contribution in [0.25, 0.3) is 0 Å². The molecule has 3 aromatic rings. The van der Waals surface area contributed by atoms with Crippen LogP contribution in [0.3, 0.4) is 0 Å². The predicted molar refractivity (Wildman–Crippen MR) is 127 cm³/mol. The minimum absolute atomic E-state index is 0.187. The molecule has 0 spiro atoms. The van der Waals surface area contributed by atoms with Crippen molar-refractivity contribution < 1.29 is 4.79 Å². The van der Waals surface area contributed by atoms with Gasteiger partial charge in [0.15, 0.2) is 5.84 Å². The van der Waals surface area contributed by atoms with E-state index in [0.29, 0.717) is 17.2 Å². The van der Waals surface area contributed by atoms with Gasteiger partial charge in [-0.3, -0.25) is 9.79 Å². The van der Waals surface area contributed by atoms with Crippen LogP contribution in [0.2, 0.25) is 0 Å². The lowest BCUT2D eigenvalue weighted by Crippen LogP contribution is -2.32. The first-order chi connectivity index (χ1) is 15.3. The van der Waals surface area contributed by atoms with Crippen LogP contribution in [0.5, 0.6) is 0 Å². The Labute approximate surface area is 183 Å². The number of hydrogen-bond acceptors (Lipinski definition) is 2. The molecule has 0 unspecified atom stereocenters. The van der Waals surface area contributed by atoms with Crippen molar-refractivity contribution in [3.05, 3.63) is 108 Å². The molecule has 31 heavy (non-hydrogen) atoms. The highest BCUT2D eigenvalue weighted by Gasteiger charge is 2.16. The Kier molecular flexibility index (Phi) is 7.01. The maximum absolute atomic E-state index is 12.9. The third kappa shape index (κ3) is 5.76. The maximum atomic E-state index is 12.9. The number of nitrogens with one attached hydrogen (secondary N) is 1. The maximum Gasteiger partial charge on any atom is 0.256 e. The van der Waals surface area contributed by atoms with E-state index in [1.54, 1.807) is 12.1 Å². The first-order valence-electron chi connectivity index (χ1n) is 10.9. The highest BCUT2D eigenvalue weighted by Crippen LogP contribution is 2.21. The summed E-state index contributed by atoms with van der Waals surface area (Å²) in [6.45, 7) is 0. The van der Waals surface area contributed by atoms with Crippen molar-refractivity contribution in [2.24, 2.45) is 9.98 Å². The summed E-state index contributed by atoms with van der Waals surface area (Å²) in [5, 5.41) is 3.02. The highest BCUT2D eigenvalue weighted by atomic mass is 16.1. The molecule has 1 fully saturated rings. The summed E-state index contributed by atoms with van der Waals surface area (Å²) >= 11 is 0. The second-order valence-corrected chi connectivity index (χ2v) is 7.76. The van der Waals surface area contributed by atoms with Gasteiger partial charge in [-0.2, -0.15) is 0 Å². The van der Waals surface area contributed by atoms with Gasteiger partial charge < -0.3 is 5.32 Å². The molecular weight excluding hydrogens is 382 g/mol. The van der Waals surface area contributed by atoms with E-state index in [0.717, 1.165) is 24.0 Å². The van der Waals surface area contributed by atoms with Gasteiger partial charge in [0.25, 0.3) is 5.91 Å². The predicted octanol–water partition coefficient (Wildman–Crippen LogP) is 5.64. The molecular formula is C27H27N3O. The number of amidine groups is 2. The molecule has 0 saturated heterocycles. The Hall–Kier alpha value is -3.53. The summed E-state index contributed by atoms with van der Waals surface area (Å²) in [7, 11) is 0. The van der Waals surface area contributed by atoms with Gasteiger partial charge in [-0.1, -0.05) is 98.1 Å². The molecule has 4 heteroatoms. The van der Waals surface area contributed by atoms with Crippen LogP contribution >= 0.6 is 0 Å². The van der Waals surface area contributed by atoms with Gasteiger partial charge in [-0.05, 0) is 25.0 Å². The summed E-state index contributed by atoms with van der Waals surface area (Å²) in [6, 6.07) is 29.2. The molecule has 0 aromatic heterocycles. The van der Waals surface area contributed by atoms with Gasteiger partial charge in [-0.15, -0.1) is 0 Å². The Morgan fingerprint density at radius 1 is 0.677 bits per heavy atom. The van der Waals surface area contributed by atoms with E-state index in [1.807, 2.05) is 78.9 Å². The smallest absolute Gasteiger partial charge is 0.256 e. The minimum Gasteiger partial charge on any atom is -0.306 e. The summed E-state index contributed by atoms with van der Waals surface area (Å²) in [5.74, 6) is 0.987. The monoisotopic (exact) mass is 409 g/mol. The molecule has 4 rings (SSSR count). The molecule has 3 aromatic carbocycles. The molecule has 1 aliphatic rings. The standard InChI is InChI=1S/C27H27N3O/c31-27(23-17-9-3-10-18-23)30-26(22-15-7-2-8-16-22)29-25(21-13-5-1-6-14-21)28-24-19-11-4-12-20-24/h1-3,5-10,13-18,24H,4,11-12,19-20H2,(H,28,29,30,31). The molecule has 0 radical (unpaired) electrons. The number of aliphatic imine (C=N–C) groups is 2. The van der Waals surface area contributed by atoms with Gasteiger partial charge in [0.2, 0.25) is 0 Å². The fourth-order valence-corrected chi connectivity index (χ4v) is 3.77. The van der Waals surface area contributed by atoms with Gasteiger partial charge in [0.1, 0.15) is 5.84 Å². The van der Waals surface area contributed by atoms with E-state index < -0.39 is 0 Å². The van der Waals surface area contributed by atoms with E-state index >= 15 is 0 Å². The average Bonchev–Trinajstić information content (AvgIpc) is 2.85. The van der Waals surface area contributed by atoms with Crippen molar-refractivity contribution in [1.82, 2.24) is 5.32 Å². The molecule has 0 atom stereocenters. The van der Waals surface area contributed by atoms with E-state index in [1.165, 1.54) is 19.3 Å². The Morgan fingerprint density at radius 3 is 1.77 bits per heavy atom. The summed E-state index contributed by atoms with van der Waals surface area (Å²) in [5.41, 5.74) is 2.39. The quantitative estimate of drug-likeness (QED) is 0.440. The fourth-order valence-electron chi connectivity index (χ4n) is 3.77. The number of benzene rings is 3. The number of carbonyl (C=O) groups excluding carboxylic acids is 1. The van der Waals surface area contributed by atoms with E-state index in [4.69, 9.17) is 9.98 Å². The van der Waals surface area contributed by atoms with Gasteiger partial charge in [0.05, 0.1) is 6.04 Å². The van der Waals surface area contributed by atoms with E-state index in [9.17, 15) is 4.79 Å². The Bertz CT molecular complexity index is 1040. The molecule has 0 heterocycles. The lowest BCUT2D eigenvalue weighted by molar-refractivity contribution is 0.0977. The zero-order valence-corrected chi connectivity index (χ0v) is 17.6. The van der Waals surface area contributed by atoms with Gasteiger partial charge >= 0.3 is 0 Å². The summed E-state index contributed by atoms with van der Waals surface area (Å²) < 4.78 is 0. The Balaban J connectivity index is 1.73. The molecule has 1 saturated carbocycles. The molecule has 1 N–H and O–H groups in total. The minimum atomic E-state index is -0.187. The normalized spacial score (nSPS) is 15.5. The highest BCUT2D eigenvalue weighted by molar-refractivity contribution is 6.18. The van der Waals surface area contributed by atoms with E-state index in [2.05, 4.69) is 5.32 Å². The first-order valence-corrected chi connectivity index (χ1v) is 10.9. The van der Waals surface area contributed by atoms with Crippen molar-refractivity contribution in [3.63, 3.8) is 0 Å². The number of amides is 1. The fraction of sp³-hybridized carbons (Fsp3) is 0.222. The molecule has 156 valence electrons. The summed E-state index contributed by atoms with van der Waals surface area (Å²) in [6.07, 6.45) is 5.86. The third-order valence-electron chi connectivity index (χ3n) is 5.44. The van der Waals surface area contributed by atoms with Crippen LogP contribution in [0, 0.1) is 0 Å². The lowest BCUT2D eigenvalue weighted by Gasteiger charge is -2.19. The second kappa shape index (κ2) is 10.5. The number of carbonyl (C=O) groups is 1. The lowest BCUT2D eigenvalue weighted by atomic mass is 9.96. The van der Waals surface area contributed by atoms with Crippen LogP contribution in [0.4, 0.5) is 0 Å². The van der Waals surface area contributed by atoms with Crippen molar-refractivity contribution in [2.75, 3.05) is 0 Å². The molecule has 1 aliphatic carbocycles. The van der Waals surface area contributed by atoms with Crippen LogP contribution in [-0.4, -0.2) is 23.6 Å². The third-order valence-corrected chi connectivity index (χ3v) is 5.44. The van der Waals surface area contributed by atoms with Gasteiger partial charge in [-0.25, -0.2) is 4.99 Å². The topological polar surface area (TPSA) is 53.8 Å². The molecule has 4 nitrogen and oxygen atoms in total. The van der Waals surface area contributed by atoms with Crippen LogP contribution in [0.15, 0.2) is 101 Å². The van der Waals surface area contributed by atoms with Crippen LogP contribution in [-0.2, 0) is 0 Å².